The topological polar surface area (TPSA) is 52.3 Å². The Labute approximate surface area is 103 Å². The Hall–Kier alpha value is 0.0900. The highest BCUT2D eigenvalue weighted by atomic mass is 79.9. The van der Waals surface area contributed by atoms with Crippen molar-refractivity contribution < 1.29 is 9.53 Å². The van der Waals surface area contributed by atoms with Crippen molar-refractivity contribution in [3.8, 4) is 0 Å². The predicted molar refractivity (Wildman–Crippen MR) is 63.4 cm³/mol. The molecule has 0 amide bonds. The zero-order valence-corrected chi connectivity index (χ0v) is 11.4. The van der Waals surface area contributed by atoms with Crippen molar-refractivity contribution >= 4 is 49.2 Å². The Bertz CT molecular complexity index is 340. The molecular formula is C8H9Br2NO2S. The fourth-order valence-corrected chi connectivity index (χ4v) is 3.84. The Kier molecular flexibility index (Phi) is 4.56. The highest BCUT2D eigenvalue weighted by Gasteiger charge is 2.17. The molecule has 0 bridgehead atoms. The number of halogens is 2. The maximum absolute atomic E-state index is 11.1. The van der Waals surface area contributed by atoms with Crippen LogP contribution in [0.2, 0.25) is 0 Å². The molecule has 0 saturated heterocycles. The smallest absolute Gasteiger partial charge is 0.322 e. The molecule has 0 aromatic carbocycles. The second kappa shape index (κ2) is 5.25. The number of rotatable bonds is 3. The number of nitrogens with two attached hydrogens (primary N) is 1. The van der Waals surface area contributed by atoms with Gasteiger partial charge in [0.2, 0.25) is 0 Å². The minimum atomic E-state index is -0.599. The van der Waals surface area contributed by atoms with Crippen LogP contribution in [0.4, 0.5) is 0 Å². The molecule has 1 heterocycles. The van der Waals surface area contributed by atoms with E-state index in [0.717, 1.165) is 13.1 Å². The molecular weight excluding hydrogens is 334 g/mol. The Balaban J connectivity index is 2.69. The summed E-state index contributed by atoms with van der Waals surface area (Å²) in [6.45, 7) is 0. The van der Waals surface area contributed by atoms with Gasteiger partial charge in [-0.3, -0.25) is 4.79 Å². The second-order valence-electron chi connectivity index (χ2n) is 2.68. The first kappa shape index (κ1) is 12.2. The number of ether oxygens (including phenoxy) is 1. The third-order valence-corrected chi connectivity index (χ3v) is 4.13. The van der Waals surface area contributed by atoms with Crippen LogP contribution in [0.1, 0.15) is 5.56 Å². The Morgan fingerprint density at radius 1 is 1.71 bits per heavy atom. The lowest BCUT2D eigenvalue weighted by Crippen LogP contribution is -2.33. The lowest BCUT2D eigenvalue weighted by atomic mass is 10.1. The standard InChI is InChI=1S/C8H9Br2NO2S/c1-13-8(12)5(11)2-4-3-6(9)14-7(4)10/h3,5H,2,11H2,1H3. The van der Waals surface area contributed by atoms with Gasteiger partial charge >= 0.3 is 5.97 Å². The van der Waals surface area contributed by atoms with Gasteiger partial charge in [-0.25, -0.2) is 0 Å². The Morgan fingerprint density at radius 2 is 2.36 bits per heavy atom. The molecule has 0 radical (unpaired) electrons. The van der Waals surface area contributed by atoms with Crippen molar-refractivity contribution in [2.24, 2.45) is 5.73 Å². The van der Waals surface area contributed by atoms with Gasteiger partial charge < -0.3 is 10.5 Å². The normalized spacial score (nSPS) is 12.6. The molecule has 1 aromatic rings. The van der Waals surface area contributed by atoms with Crippen LogP contribution in [0, 0.1) is 0 Å². The van der Waals surface area contributed by atoms with Crippen LogP contribution in [-0.4, -0.2) is 19.1 Å². The summed E-state index contributed by atoms with van der Waals surface area (Å²) in [6.07, 6.45) is 0.482. The highest BCUT2D eigenvalue weighted by Crippen LogP contribution is 2.32. The maximum atomic E-state index is 11.1. The molecule has 3 nitrogen and oxygen atoms in total. The molecule has 0 fully saturated rings. The predicted octanol–water partition coefficient (Wildman–Crippen LogP) is 2.32. The van der Waals surface area contributed by atoms with Gasteiger partial charge in [-0.05, 0) is 43.5 Å². The van der Waals surface area contributed by atoms with Crippen molar-refractivity contribution in [2.45, 2.75) is 12.5 Å². The van der Waals surface area contributed by atoms with Gasteiger partial charge in [-0.15, -0.1) is 11.3 Å². The quantitative estimate of drug-likeness (QED) is 0.857. The van der Waals surface area contributed by atoms with Crippen molar-refractivity contribution in [3.05, 3.63) is 19.2 Å². The molecule has 0 saturated carbocycles. The summed E-state index contributed by atoms with van der Waals surface area (Å²) in [5, 5.41) is 0. The summed E-state index contributed by atoms with van der Waals surface area (Å²) in [5.74, 6) is -0.390. The van der Waals surface area contributed by atoms with Crippen LogP contribution in [0.3, 0.4) is 0 Å². The van der Waals surface area contributed by atoms with E-state index < -0.39 is 6.04 Å². The summed E-state index contributed by atoms with van der Waals surface area (Å²) in [4.78, 5) is 11.1. The van der Waals surface area contributed by atoms with Gasteiger partial charge in [-0.1, -0.05) is 0 Å². The molecule has 0 spiro atoms. The average Bonchev–Trinajstić information content (AvgIpc) is 2.44. The molecule has 14 heavy (non-hydrogen) atoms. The van der Waals surface area contributed by atoms with Gasteiger partial charge in [-0.2, -0.15) is 0 Å². The monoisotopic (exact) mass is 341 g/mol. The highest BCUT2D eigenvalue weighted by molar-refractivity contribution is 9.12. The van der Waals surface area contributed by atoms with Gasteiger partial charge in [0, 0.05) is 6.42 Å². The fraction of sp³-hybridized carbons (Fsp3) is 0.375. The van der Waals surface area contributed by atoms with Gasteiger partial charge in [0.15, 0.2) is 0 Å². The first-order valence-corrected chi connectivity index (χ1v) is 6.22. The Morgan fingerprint density at radius 3 is 2.79 bits per heavy atom. The molecule has 6 heteroatoms. The van der Waals surface area contributed by atoms with E-state index in [-0.39, 0.29) is 5.97 Å². The van der Waals surface area contributed by atoms with Crippen LogP contribution in [-0.2, 0) is 16.0 Å². The van der Waals surface area contributed by atoms with Crippen molar-refractivity contribution in [1.82, 2.24) is 0 Å². The van der Waals surface area contributed by atoms with E-state index in [2.05, 4.69) is 36.6 Å². The number of esters is 1. The molecule has 1 aromatic heterocycles. The van der Waals surface area contributed by atoms with Crippen molar-refractivity contribution in [1.29, 1.82) is 0 Å². The molecule has 0 aliphatic carbocycles. The zero-order valence-electron chi connectivity index (χ0n) is 7.42. The lowest BCUT2D eigenvalue weighted by Gasteiger charge is -2.07. The van der Waals surface area contributed by atoms with E-state index in [0.29, 0.717) is 6.42 Å². The van der Waals surface area contributed by atoms with E-state index in [9.17, 15) is 4.79 Å². The van der Waals surface area contributed by atoms with E-state index in [1.54, 1.807) is 11.3 Å². The number of hydrogen-bond donors (Lipinski definition) is 1. The molecule has 2 N–H and O–H groups in total. The van der Waals surface area contributed by atoms with Crippen molar-refractivity contribution in [2.75, 3.05) is 7.11 Å². The summed E-state index contributed by atoms with van der Waals surface area (Å²) in [6, 6.07) is 1.34. The van der Waals surface area contributed by atoms with Crippen LogP contribution in [0.15, 0.2) is 13.6 Å². The number of carbonyl (C=O) groups is 1. The van der Waals surface area contributed by atoms with Gasteiger partial charge in [0.1, 0.15) is 6.04 Å². The van der Waals surface area contributed by atoms with E-state index in [1.165, 1.54) is 7.11 Å². The lowest BCUT2D eigenvalue weighted by molar-refractivity contribution is -0.142. The van der Waals surface area contributed by atoms with Crippen LogP contribution < -0.4 is 5.73 Å². The molecule has 1 rings (SSSR count). The number of thiophene rings is 1. The SMILES string of the molecule is COC(=O)C(N)Cc1cc(Br)sc1Br. The summed E-state index contributed by atoms with van der Waals surface area (Å²) in [7, 11) is 1.33. The van der Waals surface area contributed by atoms with E-state index in [1.807, 2.05) is 6.07 Å². The first-order valence-electron chi connectivity index (χ1n) is 3.81. The summed E-state index contributed by atoms with van der Waals surface area (Å²) in [5.41, 5.74) is 6.65. The van der Waals surface area contributed by atoms with Crippen LogP contribution >= 0.6 is 43.2 Å². The molecule has 0 aliphatic rings. The van der Waals surface area contributed by atoms with Gasteiger partial charge in [0.05, 0.1) is 14.7 Å². The molecule has 1 unspecified atom stereocenters. The summed E-state index contributed by atoms with van der Waals surface area (Å²) >= 11 is 8.31. The van der Waals surface area contributed by atoms with Gasteiger partial charge in [0.25, 0.3) is 0 Å². The molecule has 1 atom stereocenters. The van der Waals surface area contributed by atoms with Crippen LogP contribution in [0.5, 0.6) is 0 Å². The first-order chi connectivity index (χ1) is 6.54. The van der Waals surface area contributed by atoms with Crippen LogP contribution in [0.25, 0.3) is 0 Å². The molecule has 0 aliphatic heterocycles. The summed E-state index contributed by atoms with van der Waals surface area (Å²) < 4.78 is 6.54. The van der Waals surface area contributed by atoms with Crippen molar-refractivity contribution in [3.63, 3.8) is 0 Å². The minimum Gasteiger partial charge on any atom is -0.468 e. The van der Waals surface area contributed by atoms with E-state index in [4.69, 9.17) is 5.73 Å². The number of carbonyl (C=O) groups excluding carboxylic acids is 1. The maximum Gasteiger partial charge on any atom is 0.322 e. The third-order valence-electron chi connectivity index (χ3n) is 1.67. The average molecular weight is 343 g/mol. The number of methoxy groups -OCH3 is 1. The minimum absolute atomic E-state index is 0.390. The largest absolute Gasteiger partial charge is 0.468 e. The second-order valence-corrected chi connectivity index (χ2v) is 6.43. The number of hydrogen-bond acceptors (Lipinski definition) is 4. The zero-order chi connectivity index (χ0) is 10.7. The molecule has 78 valence electrons. The fourth-order valence-electron chi connectivity index (χ4n) is 0.985. The van der Waals surface area contributed by atoms with E-state index >= 15 is 0 Å². The third kappa shape index (κ3) is 3.05.